The monoisotopic (exact) mass is 424 g/mol. The molecular formula is C20H22Cl2N2O4. The number of nitrogens with one attached hydrogen (secondary N) is 2. The van der Waals surface area contributed by atoms with Crippen molar-refractivity contribution >= 4 is 35.0 Å². The Bertz CT molecular complexity index is 843. The number of rotatable bonds is 9. The molecule has 0 unspecified atom stereocenters. The number of hydrogen-bond acceptors (Lipinski definition) is 4. The predicted molar refractivity (Wildman–Crippen MR) is 110 cm³/mol. The number of carbonyl (C=O) groups excluding carboxylic acids is 2. The van der Waals surface area contributed by atoms with E-state index in [0.29, 0.717) is 33.7 Å². The number of halogens is 2. The van der Waals surface area contributed by atoms with Crippen molar-refractivity contribution in [3.63, 3.8) is 0 Å². The Morgan fingerprint density at radius 3 is 2.43 bits per heavy atom. The van der Waals surface area contributed by atoms with Crippen molar-refractivity contribution < 1.29 is 19.1 Å². The molecule has 2 amide bonds. The van der Waals surface area contributed by atoms with Crippen molar-refractivity contribution in [2.75, 3.05) is 26.8 Å². The maximum Gasteiger partial charge on any atom is 0.251 e. The van der Waals surface area contributed by atoms with Crippen molar-refractivity contribution in [3.8, 4) is 11.5 Å². The van der Waals surface area contributed by atoms with Gasteiger partial charge in [0, 0.05) is 18.7 Å². The number of hydrogen-bond donors (Lipinski definition) is 2. The number of amides is 2. The van der Waals surface area contributed by atoms with Crippen LogP contribution >= 0.6 is 23.2 Å². The van der Waals surface area contributed by atoms with Crippen LogP contribution in [0, 0.1) is 6.92 Å². The first-order valence-corrected chi connectivity index (χ1v) is 9.43. The van der Waals surface area contributed by atoms with Gasteiger partial charge in [-0.25, -0.2) is 0 Å². The molecule has 0 spiro atoms. The van der Waals surface area contributed by atoms with Crippen molar-refractivity contribution in [1.82, 2.24) is 10.6 Å². The van der Waals surface area contributed by atoms with Gasteiger partial charge in [-0.05, 0) is 42.8 Å². The second-order valence-electron chi connectivity index (χ2n) is 5.99. The molecule has 150 valence electrons. The van der Waals surface area contributed by atoms with Gasteiger partial charge in [-0.15, -0.1) is 0 Å². The third kappa shape index (κ3) is 6.62. The average molecular weight is 425 g/mol. The third-order valence-corrected chi connectivity index (χ3v) is 4.56. The molecule has 2 rings (SSSR count). The van der Waals surface area contributed by atoms with Crippen LogP contribution in [0.4, 0.5) is 0 Å². The van der Waals surface area contributed by atoms with Gasteiger partial charge in [0.25, 0.3) is 5.91 Å². The second kappa shape index (κ2) is 10.8. The molecule has 0 saturated carbocycles. The first kappa shape index (κ1) is 21.9. The minimum absolute atomic E-state index is 0.171. The quantitative estimate of drug-likeness (QED) is 0.602. The highest BCUT2D eigenvalue weighted by atomic mass is 35.5. The standard InChI is InChI=1S/C20H22Cl2N2O4/c1-13-3-6-17(18(11-13)27-2)28-10-7-19(25)23-8-9-24-20(26)14-4-5-15(21)16(22)12-14/h3-6,11-12H,7-10H2,1-2H3,(H,23,25)(H,24,26). The molecule has 0 radical (unpaired) electrons. The maximum atomic E-state index is 12.0. The molecule has 0 fully saturated rings. The summed E-state index contributed by atoms with van der Waals surface area (Å²) >= 11 is 11.7. The summed E-state index contributed by atoms with van der Waals surface area (Å²) in [6.45, 7) is 2.78. The molecule has 2 aromatic rings. The zero-order valence-corrected chi connectivity index (χ0v) is 17.2. The fraction of sp³-hybridized carbons (Fsp3) is 0.300. The SMILES string of the molecule is COc1cc(C)ccc1OCCC(=O)NCCNC(=O)c1ccc(Cl)c(Cl)c1. The zero-order chi connectivity index (χ0) is 20.5. The lowest BCUT2D eigenvalue weighted by atomic mass is 10.2. The summed E-state index contributed by atoms with van der Waals surface area (Å²) in [6.07, 6.45) is 0.192. The lowest BCUT2D eigenvalue weighted by molar-refractivity contribution is -0.121. The van der Waals surface area contributed by atoms with Crippen molar-refractivity contribution in [1.29, 1.82) is 0 Å². The Labute approximate surface area is 174 Å². The first-order valence-electron chi connectivity index (χ1n) is 8.68. The van der Waals surface area contributed by atoms with Gasteiger partial charge in [0.05, 0.1) is 30.2 Å². The van der Waals surface area contributed by atoms with Gasteiger partial charge in [0.1, 0.15) is 0 Å². The van der Waals surface area contributed by atoms with Crippen LogP contribution in [0.3, 0.4) is 0 Å². The molecule has 0 heterocycles. The highest BCUT2D eigenvalue weighted by Gasteiger charge is 2.09. The van der Waals surface area contributed by atoms with E-state index in [0.717, 1.165) is 5.56 Å². The number of aryl methyl sites for hydroxylation is 1. The maximum absolute atomic E-state index is 12.0. The smallest absolute Gasteiger partial charge is 0.251 e. The molecule has 8 heteroatoms. The van der Waals surface area contributed by atoms with E-state index in [4.69, 9.17) is 32.7 Å². The van der Waals surface area contributed by atoms with Crippen LogP contribution in [-0.4, -0.2) is 38.6 Å². The van der Waals surface area contributed by atoms with Gasteiger partial charge >= 0.3 is 0 Å². The molecule has 0 saturated heterocycles. The summed E-state index contributed by atoms with van der Waals surface area (Å²) in [5.74, 6) is 0.762. The van der Waals surface area contributed by atoms with E-state index in [9.17, 15) is 9.59 Å². The zero-order valence-electron chi connectivity index (χ0n) is 15.7. The molecular weight excluding hydrogens is 403 g/mol. The van der Waals surface area contributed by atoms with Crippen molar-refractivity contribution in [3.05, 3.63) is 57.6 Å². The van der Waals surface area contributed by atoms with Crippen LogP contribution in [0.5, 0.6) is 11.5 Å². The summed E-state index contributed by atoms with van der Waals surface area (Å²) in [5, 5.41) is 6.12. The van der Waals surface area contributed by atoms with Gasteiger partial charge in [-0.1, -0.05) is 29.3 Å². The second-order valence-corrected chi connectivity index (χ2v) is 6.80. The van der Waals surface area contributed by atoms with Crippen LogP contribution in [0.25, 0.3) is 0 Å². The third-order valence-electron chi connectivity index (χ3n) is 3.82. The number of benzene rings is 2. The Kier molecular flexibility index (Phi) is 8.42. The molecule has 0 aliphatic rings. The summed E-state index contributed by atoms with van der Waals surface area (Å²) in [6, 6.07) is 10.2. The van der Waals surface area contributed by atoms with E-state index in [1.54, 1.807) is 19.2 Å². The van der Waals surface area contributed by atoms with E-state index >= 15 is 0 Å². The number of methoxy groups -OCH3 is 1. The van der Waals surface area contributed by atoms with Crippen LogP contribution in [0.1, 0.15) is 22.3 Å². The lowest BCUT2D eigenvalue weighted by Crippen LogP contribution is -2.35. The van der Waals surface area contributed by atoms with Gasteiger partial charge in [0.2, 0.25) is 5.91 Å². The molecule has 0 bridgehead atoms. The van der Waals surface area contributed by atoms with E-state index in [1.807, 2.05) is 25.1 Å². The number of ether oxygens (including phenoxy) is 2. The Hall–Kier alpha value is -2.44. The molecule has 6 nitrogen and oxygen atoms in total. The van der Waals surface area contributed by atoms with Crippen LogP contribution in [-0.2, 0) is 4.79 Å². The summed E-state index contributed by atoms with van der Waals surface area (Å²) in [4.78, 5) is 23.9. The van der Waals surface area contributed by atoms with Crippen LogP contribution in [0.2, 0.25) is 10.0 Å². The van der Waals surface area contributed by atoms with Gasteiger partial charge in [0.15, 0.2) is 11.5 Å². The van der Waals surface area contributed by atoms with Gasteiger partial charge in [-0.3, -0.25) is 9.59 Å². The Morgan fingerprint density at radius 2 is 1.71 bits per heavy atom. The van der Waals surface area contributed by atoms with Crippen molar-refractivity contribution in [2.45, 2.75) is 13.3 Å². The summed E-state index contributed by atoms with van der Waals surface area (Å²) in [7, 11) is 1.57. The predicted octanol–water partition coefficient (Wildman–Crippen LogP) is 3.63. The molecule has 28 heavy (non-hydrogen) atoms. The topological polar surface area (TPSA) is 76.7 Å². The highest BCUT2D eigenvalue weighted by molar-refractivity contribution is 6.42. The van der Waals surface area contributed by atoms with Crippen molar-refractivity contribution in [2.24, 2.45) is 0 Å². The lowest BCUT2D eigenvalue weighted by Gasteiger charge is -2.11. The molecule has 2 aromatic carbocycles. The fourth-order valence-corrected chi connectivity index (χ4v) is 2.65. The molecule has 0 aliphatic heterocycles. The molecule has 0 aromatic heterocycles. The van der Waals surface area contributed by atoms with Gasteiger partial charge in [-0.2, -0.15) is 0 Å². The van der Waals surface area contributed by atoms with Gasteiger partial charge < -0.3 is 20.1 Å². The largest absolute Gasteiger partial charge is 0.493 e. The van der Waals surface area contributed by atoms with E-state index < -0.39 is 0 Å². The molecule has 2 N–H and O–H groups in total. The first-order chi connectivity index (χ1) is 13.4. The van der Waals surface area contributed by atoms with Crippen LogP contribution < -0.4 is 20.1 Å². The Morgan fingerprint density at radius 1 is 0.964 bits per heavy atom. The molecule has 0 aliphatic carbocycles. The number of carbonyl (C=O) groups is 2. The van der Waals surface area contributed by atoms with E-state index in [2.05, 4.69) is 10.6 Å². The average Bonchev–Trinajstić information content (AvgIpc) is 2.68. The summed E-state index contributed by atoms with van der Waals surface area (Å²) in [5.41, 5.74) is 1.46. The fourth-order valence-electron chi connectivity index (χ4n) is 2.35. The van der Waals surface area contributed by atoms with E-state index in [1.165, 1.54) is 6.07 Å². The highest BCUT2D eigenvalue weighted by Crippen LogP contribution is 2.27. The summed E-state index contributed by atoms with van der Waals surface area (Å²) < 4.78 is 10.9. The van der Waals surface area contributed by atoms with E-state index in [-0.39, 0.29) is 31.4 Å². The molecule has 0 atom stereocenters. The Balaban J connectivity index is 1.66. The normalized spacial score (nSPS) is 10.3. The minimum atomic E-state index is -0.289. The van der Waals surface area contributed by atoms with Crippen LogP contribution in [0.15, 0.2) is 36.4 Å². The minimum Gasteiger partial charge on any atom is -0.493 e.